The summed E-state index contributed by atoms with van der Waals surface area (Å²) in [4.78, 5) is 25.7. The van der Waals surface area contributed by atoms with Crippen LogP contribution in [0.4, 0.5) is 17.1 Å². The SMILES string of the molecule is CC(=O)Nc1ccc(C(=O)Nc2cccc(N3CCOCC3)c2)cc1. The van der Waals surface area contributed by atoms with Gasteiger partial charge in [-0.05, 0) is 42.5 Å². The Morgan fingerprint density at radius 3 is 2.36 bits per heavy atom. The van der Waals surface area contributed by atoms with Gasteiger partial charge in [-0.2, -0.15) is 0 Å². The number of ether oxygens (including phenoxy) is 1. The standard InChI is InChI=1S/C19H21N3O3/c1-14(23)20-16-7-5-15(6-8-16)19(24)21-17-3-2-4-18(13-17)22-9-11-25-12-10-22/h2-8,13H,9-12H2,1H3,(H,20,23)(H,21,24). The van der Waals surface area contributed by atoms with Gasteiger partial charge in [0.05, 0.1) is 13.2 Å². The molecule has 2 amide bonds. The first-order chi connectivity index (χ1) is 12.1. The van der Waals surface area contributed by atoms with Crippen LogP contribution in [0.3, 0.4) is 0 Å². The molecule has 0 aromatic heterocycles. The number of carbonyl (C=O) groups excluding carboxylic acids is 2. The highest BCUT2D eigenvalue weighted by Gasteiger charge is 2.12. The van der Waals surface area contributed by atoms with Crippen molar-refractivity contribution in [2.45, 2.75) is 6.92 Å². The molecule has 0 radical (unpaired) electrons. The number of nitrogens with zero attached hydrogens (tertiary/aromatic N) is 1. The Kier molecular flexibility index (Phi) is 5.30. The Morgan fingerprint density at radius 2 is 1.68 bits per heavy atom. The first kappa shape index (κ1) is 17.0. The van der Waals surface area contributed by atoms with Crippen molar-refractivity contribution in [3.63, 3.8) is 0 Å². The second-order valence-corrected chi connectivity index (χ2v) is 5.86. The van der Waals surface area contributed by atoms with Crippen molar-refractivity contribution in [3.05, 3.63) is 54.1 Å². The van der Waals surface area contributed by atoms with Crippen molar-refractivity contribution in [2.75, 3.05) is 41.8 Å². The van der Waals surface area contributed by atoms with E-state index in [9.17, 15) is 9.59 Å². The van der Waals surface area contributed by atoms with E-state index in [0.717, 1.165) is 37.7 Å². The zero-order valence-corrected chi connectivity index (χ0v) is 14.1. The van der Waals surface area contributed by atoms with E-state index in [-0.39, 0.29) is 11.8 Å². The molecule has 6 heteroatoms. The Balaban J connectivity index is 1.67. The van der Waals surface area contributed by atoms with Crippen molar-refractivity contribution in [2.24, 2.45) is 0 Å². The zero-order chi connectivity index (χ0) is 17.6. The lowest BCUT2D eigenvalue weighted by Gasteiger charge is -2.29. The Hall–Kier alpha value is -2.86. The molecule has 1 saturated heterocycles. The number of anilines is 3. The third kappa shape index (κ3) is 4.58. The fraction of sp³-hybridized carbons (Fsp3) is 0.263. The van der Waals surface area contributed by atoms with E-state index in [0.29, 0.717) is 11.3 Å². The highest BCUT2D eigenvalue weighted by molar-refractivity contribution is 6.04. The quantitative estimate of drug-likeness (QED) is 0.898. The van der Waals surface area contributed by atoms with Crippen LogP contribution in [0.1, 0.15) is 17.3 Å². The molecule has 25 heavy (non-hydrogen) atoms. The highest BCUT2D eigenvalue weighted by Crippen LogP contribution is 2.21. The summed E-state index contributed by atoms with van der Waals surface area (Å²) in [5.41, 5.74) is 3.02. The van der Waals surface area contributed by atoms with Gasteiger partial charge in [0, 0.05) is 42.6 Å². The van der Waals surface area contributed by atoms with Crippen molar-refractivity contribution >= 4 is 28.9 Å². The Morgan fingerprint density at radius 1 is 0.960 bits per heavy atom. The first-order valence-electron chi connectivity index (χ1n) is 8.23. The molecule has 0 bridgehead atoms. The van der Waals surface area contributed by atoms with Crippen molar-refractivity contribution in [3.8, 4) is 0 Å². The molecule has 0 aliphatic carbocycles. The van der Waals surface area contributed by atoms with E-state index in [1.807, 2.05) is 24.3 Å². The van der Waals surface area contributed by atoms with Crippen LogP contribution in [0.5, 0.6) is 0 Å². The molecule has 1 aliphatic heterocycles. The molecule has 1 aliphatic rings. The molecule has 0 unspecified atom stereocenters. The van der Waals surface area contributed by atoms with Gasteiger partial charge in [-0.25, -0.2) is 0 Å². The summed E-state index contributed by atoms with van der Waals surface area (Å²) >= 11 is 0. The molecule has 2 aromatic rings. The largest absolute Gasteiger partial charge is 0.378 e. The molecule has 1 fully saturated rings. The summed E-state index contributed by atoms with van der Waals surface area (Å²) in [6.07, 6.45) is 0. The van der Waals surface area contributed by atoms with Crippen molar-refractivity contribution in [1.82, 2.24) is 0 Å². The van der Waals surface area contributed by atoms with Gasteiger partial charge in [0.25, 0.3) is 5.91 Å². The van der Waals surface area contributed by atoms with Gasteiger partial charge in [0.1, 0.15) is 0 Å². The fourth-order valence-electron chi connectivity index (χ4n) is 2.71. The molecule has 2 N–H and O–H groups in total. The van der Waals surface area contributed by atoms with Crippen LogP contribution in [0.2, 0.25) is 0 Å². The maximum absolute atomic E-state index is 12.4. The van der Waals surface area contributed by atoms with E-state index < -0.39 is 0 Å². The summed E-state index contributed by atoms with van der Waals surface area (Å²) in [6.45, 7) is 4.58. The van der Waals surface area contributed by atoms with Gasteiger partial charge in [-0.1, -0.05) is 6.07 Å². The third-order valence-corrected chi connectivity index (χ3v) is 3.95. The average Bonchev–Trinajstić information content (AvgIpc) is 2.63. The van der Waals surface area contributed by atoms with E-state index in [1.54, 1.807) is 24.3 Å². The number of hydrogen-bond donors (Lipinski definition) is 2. The summed E-state index contributed by atoms with van der Waals surface area (Å²) < 4.78 is 5.37. The minimum absolute atomic E-state index is 0.142. The Labute approximate surface area is 146 Å². The van der Waals surface area contributed by atoms with Crippen LogP contribution < -0.4 is 15.5 Å². The molecule has 6 nitrogen and oxygen atoms in total. The van der Waals surface area contributed by atoms with Gasteiger partial charge in [-0.15, -0.1) is 0 Å². The number of rotatable bonds is 4. The summed E-state index contributed by atoms with van der Waals surface area (Å²) in [5, 5.41) is 5.59. The molecule has 3 rings (SSSR count). The highest BCUT2D eigenvalue weighted by atomic mass is 16.5. The van der Waals surface area contributed by atoms with Crippen LogP contribution >= 0.6 is 0 Å². The Bertz CT molecular complexity index is 753. The number of carbonyl (C=O) groups is 2. The summed E-state index contributed by atoms with van der Waals surface area (Å²) in [7, 11) is 0. The summed E-state index contributed by atoms with van der Waals surface area (Å²) in [5.74, 6) is -0.328. The molecular formula is C19H21N3O3. The minimum atomic E-state index is -0.187. The van der Waals surface area contributed by atoms with E-state index in [2.05, 4.69) is 15.5 Å². The first-order valence-corrected chi connectivity index (χ1v) is 8.23. The van der Waals surface area contributed by atoms with Crippen LogP contribution in [0, 0.1) is 0 Å². The van der Waals surface area contributed by atoms with Crippen LogP contribution in [-0.4, -0.2) is 38.1 Å². The lowest BCUT2D eigenvalue weighted by molar-refractivity contribution is -0.114. The lowest BCUT2D eigenvalue weighted by Crippen LogP contribution is -2.36. The third-order valence-electron chi connectivity index (χ3n) is 3.95. The van der Waals surface area contributed by atoms with Crippen LogP contribution in [0.25, 0.3) is 0 Å². The molecule has 130 valence electrons. The van der Waals surface area contributed by atoms with Crippen molar-refractivity contribution < 1.29 is 14.3 Å². The second-order valence-electron chi connectivity index (χ2n) is 5.86. The van der Waals surface area contributed by atoms with E-state index in [4.69, 9.17) is 4.74 Å². The van der Waals surface area contributed by atoms with Gasteiger partial charge in [0.15, 0.2) is 0 Å². The fourth-order valence-corrected chi connectivity index (χ4v) is 2.71. The molecule has 2 aromatic carbocycles. The normalized spacial score (nSPS) is 14.0. The summed E-state index contributed by atoms with van der Waals surface area (Å²) in [6, 6.07) is 14.6. The predicted octanol–water partition coefficient (Wildman–Crippen LogP) is 2.73. The molecule has 0 saturated carbocycles. The molecule has 0 spiro atoms. The van der Waals surface area contributed by atoms with E-state index in [1.165, 1.54) is 6.92 Å². The number of hydrogen-bond acceptors (Lipinski definition) is 4. The van der Waals surface area contributed by atoms with Gasteiger partial charge < -0.3 is 20.3 Å². The number of morpholine rings is 1. The molecule has 0 atom stereocenters. The lowest BCUT2D eigenvalue weighted by atomic mass is 10.2. The minimum Gasteiger partial charge on any atom is -0.378 e. The molecule has 1 heterocycles. The van der Waals surface area contributed by atoms with Gasteiger partial charge in [0.2, 0.25) is 5.91 Å². The smallest absolute Gasteiger partial charge is 0.255 e. The maximum atomic E-state index is 12.4. The van der Waals surface area contributed by atoms with Crippen LogP contribution in [-0.2, 0) is 9.53 Å². The number of amides is 2. The topological polar surface area (TPSA) is 70.7 Å². The van der Waals surface area contributed by atoms with Gasteiger partial charge in [-0.3, -0.25) is 9.59 Å². The van der Waals surface area contributed by atoms with Crippen molar-refractivity contribution in [1.29, 1.82) is 0 Å². The average molecular weight is 339 g/mol. The number of nitrogens with one attached hydrogen (secondary N) is 2. The predicted molar refractivity (Wildman–Crippen MR) is 98.2 cm³/mol. The van der Waals surface area contributed by atoms with E-state index >= 15 is 0 Å². The second kappa shape index (κ2) is 7.81. The van der Waals surface area contributed by atoms with Gasteiger partial charge >= 0.3 is 0 Å². The zero-order valence-electron chi connectivity index (χ0n) is 14.1. The number of benzene rings is 2. The molecular weight excluding hydrogens is 318 g/mol. The maximum Gasteiger partial charge on any atom is 0.255 e. The van der Waals surface area contributed by atoms with Crippen LogP contribution in [0.15, 0.2) is 48.5 Å². The monoisotopic (exact) mass is 339 g/mol.